The van der Waals surface area contributed by atoms with Gasteiger partial charge >= 0.3 is 0 Å². The molecule has 0 saturated heterocycles. The molecule has 1 unspecified atom stereocenters. The number of aldehydes is 1. The van der Waals surface area contributed by atoms with Gasteiger partial charge in [-0.25, -0.2) is 4.98 Å². The number of rotatable bonds is 5. The van der Waals surface area contributed by atoms with Gasteiger partial charge < -0.3 is 15.1 Å². The number of carbonyl (C=O) groups excluding carboxylic acids is 1. The summed E-state index contributed by atoms with van der Waals surface area (Å²) in [4.78, 5) is 18.2. The fourth-order valence-electron chi connectivity index (χ4n) is 2.94. The van der Waals surface area contributed by atoms with Crippen LogP contribution < -0.4 is 15.3 Å². The molecule has 0 radical (unpaired) electrons. The first kappa shape index (κ1) is 16.1. The average molecular weight is 322 g/mol. The quantitative estimate of drug-likeness (QED) is 0.857. The molecule has 0 saturated carbocycles. The molecule has 0 amide bonds. The summed E-state index contributed by atoms with van der Waals surface area (Å²) in [5.41, 5.74) is 7.71. The second kappa shape index (κ2) is 6.74. The van der Waals surface area contributed by atoms with Crippen molar-refractivity contribution in [2.75, 3.05) is 24.0 Å². The molecule has 1 aromatic carbocycles. The first-order chi connectivity index (χ1) is 11.6. The number of hydrogen-bond donors (Lipinski definition) is 1. The van der Waals surface area contributed by atoms with E-state index < -0.39 is 0 Å². The van der Waals surface area contributed by atoms with Crippen LogP contribution in [0, 0.1) is 0 Å². The van der Waals surface area contributed by atoms with Gasteiger partial charge in [-0.3, -0.25) is 5.01 Å². The van der Waals surface area contributed by atoms with Gasteiger partial charge in [-0.2, -0.15) is 0 Å². The number of benzene rings is 1. The van der Waals surface area contributed by atoms with E-state index in [1.165, 1.54) is 5.56 Å². The van der Waals surface area contributed by atoms with Crippen molar-refractivity contribution in [2.24, 2.45) is 0 Å². The maximum Gasteiger partial charge on any atom is 0.148 e. The van der Waals surface area contributed by atoms with Crippen LogP contribution in [-0.2, 0) is 11.2 Å². The second-order valence-electron chi connectivity index (χ2n) is 6.14. The molecule has 1 aliphatic heterocycles. The molecule has 5 nitrogen and oxygen atoms in total. The molecule has 2 heterocycles. The molecule has 24 heavy (non-hydrogen) atoms. The van der Waals surface area contributed by atoms with E-state index >= 15 is 0 Å². The first-order valence-corrected chi connectivity index (χ1v) is 7.98. The minimum atomic E-state index is -0.345. The van der Waals surface area contributed by atoms with Crippen LogP contribution in [-0.4, -0.2) is 31.4 Å². The summed E-state index contributed by atoms with van der Waals surface area (Å²) in [6.45, 7) is 2.00. The van der Waals surface area contributed by atoms with Crippen molar-refractivity contribution < 1.29 is 4.79 Å². The number of anilines is 2. The normalized spacial score (nSPS) is 17.0. The predicted molar refractivity (Wildman–Crippen MR) is 96.9 cm³/mol. The van der Waals surface area contributed by atoms with Crippen molar-refractivity contribution in [3.05, 3.63) is 65.5 Å². The molecule has 1 N–H and O–H groups in total. The van der Waals surface area contributed by atoms with Crippen LogP contribution in [0.15, 0.2) is 59.9 Å². The molecular formula is C19H22N4O. The third-order valence-electron chi connectivity index (χ3n) is 4.25. The monoisotopic (exact) mass is 322 g/mol. The number of nitrogens with zero attached hydrogens (tertiary/aromatic N) is 3. The molecule has 2 aromatic rings. The van der Waals surface area contributed by atoms with Gasteiger partial charge in [0.25, 0.3) is 0 Å². The SMILES string of the molecule is CC1=C(Cc2cccc(N(C)C)c2)C(C=O)N(c2ccccn2)N1. The Hall–Kier alpha value is -2.82. The summed E-state index contributed by atoms with van der Waals surface area (Å²) in [5, 5.41) is 1.83. The fourth-order valence-corrected chi connectivity index (χ4v) is 2.94. The summed E-state index contributed by atoms with van der Waals surface area (Å²) >= 11 is 0. The van der Waals surface area contributed by atoms with Crippen LogP contribution in [0.2, 0.25) is 0 Å². The molecule has 5 heteroatoms. The van der Waals surface area contributed by atoms with Gasteiger partial charge in [-0.1, -0.05) is 18.2 Å². The molecule has 1 aliphatic rings. The molecule has 0 spiro atoms. The molecule has 3 rings (SSSR count). The molecule has 0 fully saturated rings. The lowest BCUT2D eigenvalue weighted by Gasteiger charge is -2.23. The number of hydrogen-bond acceptors (Lipinski definition) is 5. The molecular weight excluding hydrogens is 300 g/mol. The third-order valence-corrected chi connectivity index (χ3v) is 4.25. The Balaban J connectivity index is 1.86. The minimum absolute atomic E-state index is 0.345. The van der Waals surface area contributed by atoms with Gasteiger partial charge in [0.05, 0.1) is 0 Å². The number of allylic oxidation sites excluding steroid dienone is 1. The fraction of sp³-hybridized carbons (Fsp3) is 0.263. The predicted octanol–water partition coefficient (Wildman–Crippen LogP) is 2.56. The van der Waals surface area contributed by atoms with E-state index in [1.54, 1.807) is 6.20 Å². The third kappa shape index (κ3) is 3.11. The highest BCUT2D eigenvalue weighted by molar-refractivity contribution is 5.72. The largest absolute Gasteiger partial charge is 0.378 e. The van der Waals surface area contributed by atoms with Crippen LogP contribution in [0.1, 0.15) is 12.5 Å². The summed E-state index contributed by atoms with van der Waals surface area (Å²) in [6, 6.07) is 13.7. The van der Waals surface area contributed by atoms with Gasteiger partial charge in [0, 0.05) is 31.7 Å². The Labute approximate surface area is 142 Å². The van der Waals surface area contributed by atoms with Crippen LogP contribution >= 0.6 is 0 Å². The van der Waals surface area contributed by atoms with E-state index in [2.05, 4.69) is 39.6 Å². The Kier molecular flexibility index (Phi) is 4.51. The van der Waals surface area contributed by atoms with Crippen molar-refractivity contribution in [3.63, 3.8) is 0 Å². The van der Waals surface area contributed by atoms with Crippen molar-refractivity contribution in [2.45, 2.75) is 19.4 Å². The average Bonchev–Trinajstić information content (AvgIpc) is 2.92. The topological polar surface area (TPSA) is 48.5 Å². The summed E-state index contributed by atoms with van der Waals surface area (Å²) in [6.07, 6.45) is 3.43. The zero-order chi connectivity index (χ0) is 17.1. The van der Waals surface area contributed by atoms with E-state index in [-0.39, 0.29) is 6.04 Å². The van der Waals surface area contributed by atoms with Crippen LogP contribution in [0.3, 0.4) is 0 Å². The zero-order valence-corrected chi connectivity index (χ0v) is 14.2. The van der Waals surface area contributed by atoms with E-state index in [9.17, 15) is 4.79 Å². The van der Waals surface area contributed by atoms with Crippen molar-refractivity contribution in [1.29, 1.82) is 0 Å². The van der Waals surface area contributed by atoms with Crippen molar-refractivity contribution in [1.82, 2.24) is 10.4 Å². The molecule has 1 aromatic heterocycles. The Morgan fingerprint density at radius 1 is 1.25 bits per heavy atom. The Morgan fingerprint density at radius 3 is 2.75 bits per heavy atom. The van der Waals surface area contributed by atoms with Gasteiger partial charge in [0.15, 0.2) is 0 Å². The van der Waals surface area contributed by atoms with E-state index in [0.717, 1.165) is 35.5 Å². The molecule has 0 aliphatic carbocycles. The lowest BCUT2D eigenvalue weighted by atomic mass is 9.98. The molecule has 1 atom stereocenters. The summed E-state index contributed by atoms with van der Waals surface area (Å²) in [7, 11) is 4.05. The van der Waals surface area contributed by atoms with E-state index in [0.29, 0.717) is 0 Å². The number of hydrazine groups is 1. The standard InChI is InChI=1S/C19H22N4O/c1-14-17(12-15-7-6-8-16(11-15)22(2)3)18(13-24)23(21-14)19-9-4-5-10-20-19/h4-11,13,18,21H,12H2,1-3H3. The Morgan fingerprint density at radius 2 is 2.08 bits per heavy atom. The minimum Gasteiger partial charge on any atom is -0.378 e. The maximum absolute atomic E-state index is 11.8. The number of aromatic nitrogens is 1. The molecule has 124 valence electrons. The van der Waals surface area contributed by atoms with Gasteiger partial charge in [0.2, 0.25) is 0 Å². The van der Waals surface area contributed by atoms with Crippen molar-refractivity contribution >= 4 is 17.8 Å². The number of nitrogens with one attached hydrogen (secondary N) is 1. The smallest absolute Gasteiger partial charge is 0.148 e. The van der Waals surface area contributed by atoms with E-state index in [4.69, 9.17) is 0 Å². The lowest BCUT2D eigenvalue weighted by molar-refractivity contribution is -0.108. The second-order valence-corrected chi connectivity index (χ2v) is 6.14. The highest BCUT2D eigenvalue weighted by Gasteiger charge is 2.31. The van der Waals surface area contributed by atoms with E-state index in [1.807, 2.05) is 44.2 Å². The van der Waals surface area contributed by atoms with Gasteiger partial charge in [-0.05, 0) is 48.7 Å². The molecule has 0 bridgehead atoms. The highest BCUT2D eigenvalue weighted by atomic mass is 16.1. The van der Waals surface area contributed by atoms with Gasteiger partial charge in [-0.15, -0.1) is 0 Å². The first-order valence-electron chi connectivity index (χ1n) is 7.98. The maximum atomic E-state index is 11.8. The van der Waals surface area contributed by atoms with Crippen LogP contribution in [0.4, 0.5) is 11.5 Å². The summed E-state index contributed by atoms with van der Waals surface area (Å²) in [5.74, 6) is 0.742. The lowest BCUT2D eigenvalue weighted by Crippen LogP contribution is -2.41. The highest BCUT2D eigenvalue weighted by Crippen LogP contribution is 2.27. The van der Waals surface area contributed by atoms with Crippen LogP contribution in [0.5, 0.6) is 0 Å². The number of carbonyl (C=O) groups is 1. The Bertz CT molecular complexity index is 755. The van der Waals surface area contributed by atoms with Gasteiger partial charge in [0.1, 0.15) is 18.1 Å². The zero-order valence-electron chi connectivity index (χ0n) is 14.2. The van der Waals surface area contributed by atoms with Crippen molar-refractivity contribution in [3.8, 4) is 0 Å². The summed E-state index contributed by atoms with van der Waals surface area (Å²) < 4.78 is 0. The van der Waals surface area contributed by atoms with Crippen LogP contribution in [0.25, 0.3) is 0 Å². The number of pyridine rings is 1.